The molecule has 1 N–H and O–H groups in total. The van der Waals surface area contributed by atoms with E-state index in [1.54, 1.807) is 0 Å². The Labute approximate surface area is 123 Å². The van der Waals surface area contributed by atoms with Crippen LogP contribution >= 0.6 is 0 Å². The van der Waals surface area contributed by atoms with Crippen LogP contribution in [0.3, 0.4) is 0 Å². The maximum atomic E-state index is 9.22. The summed E-state index contributed by atoms with van der Waals surface area (Å²) in [6.45, 7) is 2.70. The fraction of sp³-hybridized carbons (Fsp3) is 0.118. The van der Waals surface area contributed by atoms with E-state index in [1.165, 1.54) is 5.56 Å². The number of fused-ring (bicyclic) bond motifs is 1. The quantitative estimate of drug-likeness (QED) is 0.795. The van der Waals surface area contributed by atoms with Crippen LogP contribution in [0.1, 0.15) is 16.8 Å². The Morgan fingerprint density at radius 2 is 1.81 bits per heavy atom. The molecule has 2 aromatic carbocycles. The van der Waals surface area contributed by atoms with Crippen molar-refractivity contribution in [3.63, 3.8) is 0 Å². The van der Waals surface area contributed by atoms with Gasteiger partial charge in [-0.1, -0.05) is 48.0 Å². The van der Waals surface area contributed by atoms with Gasteiger partial charge in [0, 0.05) is 11.9 Å². The number of aryl methyl sites for hydroxylation is 1. The molecular formula is C17H14N4. The van der Waals surface area contributed by atoms with E-state index in [0.29, 0.717) is 12.2 Å². The van der Waals surface area contributed by atoms with Crippen molar-refractivity contribution in [2.24, 2.45) is 0 Å². The molecule has 0 aliphatic rings. The molecule has 3 aromatic rings. The molecule has 0 bridgehead atoms. The molecule has 0 radical (unpaired) electrons. The van der Waals surface area contributed by atoms with E-state index < -0.39 is 0 Å². The molecule has 0 saturated carbocycles. The Bertz CT molecular complexity index is 816. The average Bonchev–Trinajstić information content (AvgIpc) is 2.54. The van der Waals surface area contributed by atoms with E-state index >= 15 is 0 Å². The lowest BCUT2D eigenvalue weighted by Gasteiger charge is -2.10. The predicted octanol–water partition coefficient (Wildman–Crippen LogP) is 3.42. The molecule has 0 aliphatic carbocycles. The molecule has 0 unspecified atom stereocenters. The van der Waals surface area contributed by atoms with Crippen LogP contribution in [0.5, 0.6) is 0 Å². The number of hydrogen-bond acceptors (Lipinski definition) is 4. The monoisotopic (exact) mass is 274 g/mol. The minimum Gasteiger partial charge on any atom is -0.378 e. The van der Waals surface area contributed by atoms with E-state index in [-0.39, 0.29) is 0 Å². The van der Waals surface area contributed by atoms with Crippen molar-refractivity contribution in [1.82, 2.24) is 10.2 Å². The van der Waals surface area contributed by atoms with Crippen LogP contribution < -0.4 is 5.32 Å². The van der Waals surface area contributed by atoms with Crippen molar-refractivity contribution >= 4 is 16.6 Å². The first-order valence-corrected chi connectivity index (χ1v) is 6.73. The summed E-state index contributed by atoms with van der Waals surface area (Å²) < 4.78 is 0. The van der Waals surface area contributed by atoms with Crippen LogP contribution in [0.15, 0.2) is 48.5 Å². The number of nitriles is 1. The van der Waals surface area contributed by atoms with E-state index in [9.17, 15) is 5.26 Å². The molecule has 0 spiro atoms. The zero-order valence-electron chi connectivity index (χ0n) is 11.7. The van der Waals surface area contributed by atoms with Gasteiger partial charge in [-0.3, -0.25) is 0 Å². The molecule has 0 fully saturated rings. The topological polar surface area (TPSA) is 61.6 Å². The molecule has 1 heterocycles. The summed E-state index contributed by atoms with van der Waals surface area (Å²) in [7, 11) is 0. The second kappa shape index (κ2) is 5.59. The van der Waals surface area contributed by atoms with Crippen molar-refractivity contribution in [1.29, 1.82) is 5.26 Å². The summed E-state index contributed by atoms with van der Waals surface area (Å²) in [5.41, 5.74) is 4.23. The highest BCUT2D eigenvalue weighted by Gasteiger charge is 2.09. The van der Waals surface area contributed by atoms with Crippen LogP contribution in [0.25, 0.3) is 10.9 Å². The molecule has 102 valence electrons. The van der Waals surface area contributed by atoms with Crippen LogP contribution in [0.4, 0.5) is 5.69 Å². The highest BCUT2D eigenvalue weighted by atomic mass is 15.1. The Balaban J connectivity index is 1.95. The Morgan fingerprint density at radius 1 is 1.05 bits per heavy atom. The van der Waals surface area contributed by atoms with E-state index in [0.717, 1.165) is 22.2 Å². The second-order valence-corrected chi connectivity index (χ2v) is 4.89. The summed E-state index contributed by atoms with van der Waals surface area (Å²) in [5.74, 6) is 0. The molecule has 3 rings (SSSR count). The summed E-state index contributed by atoms with van der Waals surface area (Å²) in [6.07, 6.45) is 0. The van der Waals surface area contributed by atoms with E-state index in [4.69, 9.17) is 0 Å². The minimum absolute atomic E-state index is 0.320. The number of nitrogens with one attached hydrogen (secondary N) is 1. The molecular weight excluding hydrogens is 260 g/mol. The van der Waals surface area contributed by atoms with Gasteiger partial charge in [0.05, 0.1) is 11.2 Å². The number of benzene rings is 2. The highest BCUT2D eigenvalue weighted by molar-refractivity contribution is 5.92. The van der Waals surface area contributed by atoms with Gasteiger partial charge in [-0.25, -0.2) is 0 Å². The van der Waals surface area contributed by atoms with E-state index in [2.05, 4.69) is 52.8 Å². The molecule has 0 amide bonds. The average molecular weight is 274 g/mol. The summed E-state index contributed by atoms with van der Waals surface area (Å²) in [6, 6.07) is 18.1. The zero-order chi connectivity index (χ0) is 14.7. The Morgan fingerprint density at radius 3 is 2.57 bits per heavy atom. The standard InChI is InChI=1S/C17H14N4/c1-12-6-8-13(9-7-12)11-19-17-14-4-2-3-5-15(14)20-21-16(17)10-18/h2-9H,11H2,1H3,(H,19,20). The van der Waals surface area contributed by atoms with Gasteiger partial charge in [0.15, 0.2) is 5.69 Å². The summed E-state index contributed by atoms with van der Waals surface area (Å²) >= 11 is 0. The van der Waals surface area contributed by atoms with Crippen molar-refractivity contribution in [2.45, 2.75) is 13.5 Å². The number of rotatable bonds is 3. The van der Waals surface area contributed by atoms with Crippen LogP contribution in [-0.4, -0.2) is 10.2 Å². The smallest absolute Gasteiger partial charge is 0.186 e. The Hall–Kier alpha value is -2.93. The molecule has 0 aliphatic heterocycles. The van der Waals surface area contributed by atoms with Crippen molar-refractivity contribution in [3.8, 4) is 6.07 Å². The number of hydrogen-bond donors (Lipinski definition) is 1. The predicted molar refractivity (Wildman–Crippen MR) is 82.8 cm³/mol. The normalized spacial score (nSPS) is 10.3. The van der Waals surface area contributed by atoms with Crippen molar-refractivity contribution in [2.75, 3.05) is 5.32 Å². The van der Waals surface area contributed by atoms with Gasteiger partial charge >= 0.3 is 0 Å². The molecule has 4 nitrogen and oxygen atoms in total. The first-order valence-electron chi connectivity index (χ1n) is 6.73. The zero-order valence-corrected chi connectivity index (χ0v) is 11.7. The summed E-state index contributed by atoms with van der Waals surface area (Å²) in [4.78, 5) is 0. The number of aromatic nitrogens is 2. The third-order valence-electron chi connectivity index (χ3n) is 3.36. The van der Waals surface area contributed by atoms with Gasteiger partial charge in [-0.2, -0.15) is 5.26 Å². The fourth-order valence-corrected chi connectivity index (χ4v) is 2.21. The second-order valence-electron chi connectivity index (χ2n) is 4.89. The number of anilines is 1. The third-order valence-corrected chi connectivity index (χ3v) is 3.36. The maximum absolute atomic E-state index is 9.22. The Kier molecular flexibility index (Phi) is 3.48. The van der Waals surface area contributed by atoms with Gasteiger partial charge in [-0.05, 0) is 18.6 Å². The van der Waals surface area contributed by atoms with Gasteiger partial charge in [0.1, 0.15) is 6.07 Å². The lowest BCUT2D eigenvalue weighted by Crippen LogP contribution is -2.04. The van der Waals surface area contributed by atoms with E-state index in [1.807, 2.05) is 24.3 Å². The summed E-state index contributed by atoms with van der Waals surface area (Å²) in [5, 5.41) is 21.5. The van der Waals surface area contributed by atoms with Crippen LogP contribution in [0.2, 0.25) is 0 Å². The van der Waals surface area contributed by atoms with Crippen molar-refractivity contribution < 1.29 is 0 Å². The molecule has 1 aromatic heterocycles. The van der Waals surface area contributed by atoms with Gasteiger partial charge in [0.25, 0.3) is 0 Å². The van der Waals surface area contributed by atoms with Crippen LogP contribution in [0, 0.1) is 18.3 Å². The van der Waals surface area contributed by atoms with Crippen molar-refractivity contribution in [3.05, 3.63) is 65.4 Å². The van der Waals surface area contributed by atoms with Crippen LogP contribution in [-0.2, 0) is 6.54 Å². The largest absolute Gasteiger partial charge is 0.378 e. The first-order chi connectivity index (χ1) is 10.3. The van der Waals surface area contributed by atoms with Gasteiger partial charge in [0.2, 0.25) is 0 Å². The van der Waals surface area contributed by atoms with Gasteiger partial charge < -0.3 is 5.32 Å². The molecule has 0 saturated heterocycles. The third kappa shape index (κ3) is 2.67. The first kappa shape index (κ1) is 13.1. The lowest BCUT2D eigenvalue weighted by molar-refractivity contribution is 1.04. The fourth-order valence-electron chi connectivity index (χ4n) is 2.21. The molecule has 21 heavy (non-hydrogen) atoms. The van der Waals surface area contributed by atoms with Gasteiger partial charge in [-0.15, -0.1) is 10.2 Å². The molecule has 0 atom stereocenters. The lowest BCUT2D eigenvalue weighted by atomic mass is 10.1. The molecule has 4 heteroatoms. The SMILES string of the molecule is Cc1ccc(CNc2c(C#N)nnc3ccccc23)cc1. The minimum atomic E-state index is 0.320. The number of nitrogens with zero attached hydrogens (tertiary/aromatic N) is 3. The highest BCUT2D eigenvalue weighted by Crippen LogP contribution is 2.24. The maximum Gasteiger partial charge on any atom is 0.186 e.